The highest BCUT2D eigenvalue weighted by atomic mass is 16.5. The van der Waals surface area contributed by atoms with Crippen LogP contribution in [0.5, 0.6) is 11.5 Å². The monoisotopic (exact) mass is 293 g/mol. The Labute approximate surface area is 124 Å². The molecule has 0 aliphatic heterocycles. The fourth-order valence-electron chi connectivity index (χ4n) is 2.81. The number of para-hydroxylation sites is 2. The number of nitrogens with one attached hydrogen (secondary N) is 1. The molecule has 1 aliphatic rings. The third-order valence-corrected chi connectivity index (χ3v) is 4.09. The summed E-state index contributed by atoms with van der Waals surface area (Å²) in [6.07, 6.45) is 4.40. The first-order valence-electron chi connectivity index (χ1n) is 7.49. The molecule has 0 spiro atoms. The first-order chi connectivity index (χ1) is 10.2. The maximum atomic E-state index is 11.8. The molecule has 1 fully saturated rings. The molecule has 0 aromatic heterocycles. The molecule has 0 heterocycles. The number of carbonyl (C=O) groups excluding carboxylic acids is 1. The van der Waals surface area contributed by atoms with E-state index in [2.05, 4.69) is 5.32 Å². The Morgan fingerprint density at radius 3 is 2.67 bits per heavy atom. The Hall–Kier alpha value is -1.75. The fraction of sp³-hybridized carbons (Fsp3) is 0.562. The molecule has 1 aromatic rings. The van der Waals surface area contributed by atoms with E-state index in [-0.39, 0.29) is 30.8 Å². The van der Waals surface area contributed by atoms with Crippen LogP contribution in [-0.4, -0.2) is 35.9 Å². The molecule has 0 bridgehead atoms. The summed E-state index contributed by atoms with van der Waals surface area (Å²) in [6.45, 7) is 0.650. The van der Waals surface area contributed by atoms with Crippen molar-refractivity contribution in [3.63, 3.8) is 0 Å². The standard InChI is InChI=1S/C16H23NO4/c18-10-13-6-2-1-5-12(13)9-17-16(20)11-21-15-8-4-3-7-14(15)19/h3-4,7-8,12-13,18-19H,1-2,5-6,9-11H2,(H,17,20). The van der Waals surface area contributed by atoms with Crippen LogP contribution in [0, 0.1) is 11.8 Å². The molecular weight excluding hydrogens is 270 g/mol. The number of carbonyl (C=O) groups is 1. The van der Waals surface area contributed by atoms with Crippen LogP contribution in [0.2, 0.25) is 0 Å². The molecule has 21 heavy (non-hydrogen) atoms. The van der Waals surface area contributed by atoms with Crippen molar-refractivity contribution < 1.29 is 19.7 Å². The van der Waals surface area contributed by atoms with Gasteiger partial charge < -0.3 is 20.3 Å². The van der Waals surface area contributed by atoms with E-state index in [0.29, 0.717) is 18.2 Å². The predicted octanol–water partition coefficient (Wildman–Crippen LogP) is 1.69. The van der Waals surface area contributed by atoms with Crippen molar-refractivity contribution in [1.82, 2.24) is 5.32 Å². The van der Waals surface area contributed by atoms with Crippen LogP contribution in [0.4, 0.5) is 0 Å². The molecule has 3 N–H and O–H groups in total. The number of phenolic OH excluding ortho intramolecular Hbond substituents is 1. The molecule has 116 valence electrons. The number of amides is 1. The van der Waals surface area contributed by atoms with Crippen molar-refractivity contribution in [3.05, 3.63) is 24.3 Å². The molecule has 1 amide bonds. The van der Waals surface area contributed by atoms with Crippen LogP contribution in [0.1, 0.15) is 25.7 Å². The lowest BCUT2D eigenvalue weighted by Crippen LogP contribution is -2.37. The van der Waals surface area contributed by atoms with E-state index in [0.717, 1.165) is 25.7 Å². The van der Waals surface area contributed by atoms with E-state index in [9.17, 15) is 15.0 Å². The Balaban J connectivity index is 1.73. The van der Waals surface area contributed by atoms with E-state index in [1.807, 2.05) is 0 Å². The number of hydrogen-bond acceptors (Lipinski definition) is 4. The van der Waals surface area contributed by atoms with Crippen LogP contribution in [0.15, 0.2) is 24.3 Å². The summed E-state index contributed by atoms with van der Waals surface area (Å²) in [4.78, 5) is 11.8. The number of ether oxygens (including phenoxy) is 1. The van der Waals surface area contributed by atoms with Crippen LogP contribution < -0.4 is 10.1 Å². The number of benzene rings is 1. The summed E-state index contributed by atoms with van der Waals surface area (Å²) in [6, 6.07) is 6.56. The first-order valence-corrected chi connectivity index (χ1v) is 7.49. The Morgan fingerprint density at radius 2 is 1.95 bits per heavy atom. The van der Waals surface area contributed by atoms with E-state index >= 15 is 0 Å². The van der Waals surface area contributed by atoms with Gasteiger partial charge in [0.2, 0.25) is 0 Å². The minimum Gasteiger partial charge on any atom is -0.504 e. The minimum absolute atomic E-state index is 0.0259. The molecule has 2 unspecified atom stereocenters. The number of rotatable bonds is 6. The molecule has 0 radical (unpaired) electrons. The second-order valence-corrected chi connectivity index (χ2v) is 5.55. The van der Waals surface area contributed by atoms with Crippen molar-refractivity contribution in [2.24, 2.45) is 11.8 Å². The number of hydrogen-bond donors (Lipinski definition) is 3. The van der Waals surface area contributed by atoms with Gasteiger partial charge in [0, 0.05) is 13.2 Å². The third kappa shape index (κ3) is 4.63. The SMILES string of the molecule is O=C(COc1ccccc1O)NCC1CCCCC1CO. The molecule has 1 saturated carbocycles. The lowest BCUT2D eigenvalue weighted by atomic mass is 9.79. The van der Waals surface area contributed by atoms with Crippen molar-refractivity contribution in [2.45, 2.75) is 25.7 Å². The summed E-state index contributed by atoms with van der Waals surface area (Å²) < 4.78 is 5.28. The largest absolute Gasteiger partial charge is 0.504 e. The Kier molecular flexibility index (Phi) is 5.87. The number of aliphatic hydroxyl groups is 1. The van der Waals surface area contributed by atoms with Crippen molar-refractivity contribution in [2.75, 3.05) is 19.8 Å². The van der Waals surface area contributed by atoms with Gasteiger partial charge in [-0.15, -0.1) is 0 Å². The zero-order valence-electron chi connectivity index (χ0n) is 12.1. The van der Waals surface area contributed by atoms with Gasteiger partial charge in [0.1, 0.15) is 0 Å². The van der Waals surface area contributed by atoms with Crippen molar-refractivity contribution in [3.8, 4) is 11.5 Å². The molecule has 2 rings (SSSR count). The summed E-state index contributed by atoms with van der Waals surface area (Å²) in [5, 5.41) is 21.7. The molecular formula is C16H23NO4. The number of aliphatic hydroxyl groups excluding tert-OH is 1. The predicted molar refractivity (Wildman–Crippen MR) is 79.1 cm³/mol. The summed E-state index contributed by atoms with van der Waals surface area (Å²) in [7, 11) is 0. The average molecular weight is 293 g/mol. The number of aromatic hydroxyl groups is 1. The smallest absolute Gasteiger partial charge is 0.257 e. The maximum absolute atomic E-state index is 11.8. The van der Waals surface area contributed by atoms with Gasteiger partial charge in [-0.2, -0.15) is 0 Å². The van der Waals surface area contributed by atoms with Gasteiger partial charge in [0.25, 0.3) is 5.91 Å². The highest BCUT2D eigenvalue weighted by molar-refractivity contribution is 5.77. The van der Waals surface area contributed by atoms with Gasteiger partial charge in [-0.3, -0.25) is 4.79 Å². The fourth-order valence-corrected chi connectivity index (χ4v) is 2.81. The molecule has 0 saturated heterocycles. The highest BCUT2D eigenvalue weighted by Crippen LogP contribution is 2.29. The van der Waals surface area contributed by atoms with Crippen LogP contribution >= 0.6 is 0 Å². The normalized spacial score (nSPS) is 21.8. The summed E-state index contributed by atoms with van der Waals surface area (Å²) in [5.74, 6) is 0.757. The van der Waals surface area contributed by atoms with E-state index < -0.39 is 0 Å². The van der Waals surface area contributed by atoms with E-state index in [1.165, 1.54) is 6.07 Å². The Morgan fingerprint density at radius 1 is 1.24 bits per heavy atom. The van der Waals surface area contributed by atoms with Gasteiger partial charge in [-0.1, -0.05) is 25.0 Å². The quantitative estimate of drug-likeness (QED) is 0.745. The lowest BCUT2D eigenvalue weighted by molar-refractivity contribution is -0.123. The van der Waals surface area contributed by atoms with Gasteiger partial charge in [0.15, 0.2) is 18.1 Å². The number of phenols is 1. The zero-order chi connectivity index (χ0) is 15.1. The third-order valence-electron chi connectivity index (χ3n) is 4.09. The second kappa shape index (κ2) is 7.88. The zero-order valence-corrected chi connectivity index (χ0v) is 12.1. The molecule has 5 heteroatoms. The van der Waals surface area contributed by atoms with Crippen molar-refractivity contribution in [1.29, 1.82) is 0 Å². The molecule has 1 aromatic carbocycles. The van der Waals surface area contributed by atoms with E-state index in [1.54, 1.807) is 18.2 Å². The van der Waals surface area contributed by atoms with E-state index in [4.69, 9.17) is 4.74 Å². The van der Waals surface area contributed by atoms with Gasteiger partial charge >= 0.3 is 0 Å². The van der Waals surface area contributed by atoms with Crippen LogP contribution in [-0.2, 0) is 4.79 Å². The molecule has 5 nitrogen and oxygen atoms in total. The average Bonchev–Trinajstić information content (AvgIpc) is 2.52. The van der Waals surface area contributed by atoms with Gasteiger partial charge in [-0.05, 0) is 36.8 Å². The lowest BCUT2D eigenvalue weighted by Gasteiger charge is -2.30. The van der Waals surface area contributed by atoms with Crippen molar-refractivity contribution >= 4 is 5.91 Å². The van der Waals surface area contributed by atoms with Crippen LogP contribution in [0.3, 0.4) is 0 Å². The van der Waals surface area contributed by atoms with Crippen LogP contribution in [0.25, 0.3) is 0 Å². The first kappa shape index (κ1) is 15.6. The molecule has 2 atom stereocenters. The van der Waals surface area contributed by atoms with Gasteiger partial charge in [0.05, 0.1) is 0 Å². The second-order valence-electron chi connectivity index (χ2n) is 5.55. The van der Waals surface area contributed by atoms with Gasteiger partial charge in [-0.25, -0.2) is 0 Å². The Bertz CT molecular complexity index is 463. The minimum atomic E-state index is -0.208. The summed E-state index contributed by atoms with van der Waals surface area (Å²) in [5.41, 5.74) is 0. The highest BCUT2D eigenvalue weighted by Gasteiger charge is 2.24. The maximum Gasteiger partial charge on any atom is 0.257 e. The molecule has 1 aliphatic carbocycles. The topological polar surface area (TPSA) is 78.8 Å². The summed E-state index contributed by atoms with van der Waals surface area (Å²) >= 11 is 0.